The summed E-state index contributed by atoms with van der Waals surface area (Å²) < 4.78 is 43.9. The van der Waals surface area contributed by atoms with Crippen LogP contribution >= 0.6 is 0 Å². The van der Waals surface area contributed by atoms with Gasteiger partial charge in [-0.25, -0.2) is 0 Å². The van der Waals surface area contributed by atoms with Crippen LogP contribution in [0.3, 0.4) is 0 Å². The summed E-state index contributed by atoms with van der Waals surface area (Å²) >= 11 is 0. The fraction of sp³-hybridized carbons (Fsp3) is 0.611. The third-order valence-corrected chi connectivity index (χ3v) is 4.82. The Kier molecular flexibility index (Phi) is 5.64. The summed E-state index contributed by atoms with van der Waals surface area (Å²) in [4.78, 5) is 14.4. The second kappa shape index (κ2) is 7.74. The van der Waals surface area contributed by atoms with Gasteiger partial charge in [0.15, 0.2) is 0 Å². The topological polar surface area (TPSA) is 41.6 Å². The van der Waals surface area contributed by atoms with E-state index in [-0.39, 0.29) is 24.5 Å². The van der Waals surface area contributed by atoms with Crippen molar-refractivity contribution in [2.24, 2.45) is 0 Å². The lowest BCUT2D eigenvalue weighted by atomic mass is 10.0. The maximum atomic E-state index is 12.8. The Morgan fingerprint density at radius 3 is 2.68 bits per heavy atom. The van der Waals surface area contributed by atoms with Gasteiger partial charge in [-0.1, -0.05) is 12.1 Å². The van der Waals surface area contributed by atoms with Crippen LogP contribution in [0.2, 0.25) is 0 Å². The van der Waals surface area contributed by atoms with Crippen molar-refractivity contribution in [2.75, 3.05) is 19.8 Å². The second-order valence-electron chi connectivity index (χ2n) is 6.71. The van der Waals surface area contributed by atoms with Crippen molar-refractivity contribution < 1.29 is 22.7 Å². The number of hydrogen-bond acceptors (Lipinski definition) is 3. The summed E-state index contributed by atoms with van der Waals surface area (Å²) in [5, 5.41) is 3.41. The van der Waals surface area contributed by atoms with Crippen molar-refractivity contribution in [1.29, 1.82) is 0 Å². The van der Waals surface area contributed by atoms with Gasteiger partial charge in [-0.05, 0) is 43.4 Å². The van der Waals surface area contributed by atoms with Gasteiger partial charge < -0.3 is 15.0 Å². The first-order valence-corrected chi connectivity index (χ1v) is 8.72. The molecule has 2 saturated heterocycles. The molecule has 1 atom stereocenters. The minimum Gasteiger partial charge on any atom is -0.381 e. The fourth-order valence-corrected chi connectivity index (χ4v) is 3.47. The van der Waals surface area contributed by atoms with Gasteiger partial charge >= 0.3 is 6.18 Å². The molecule has 3 rings (SSSR count). The average Bonchev–Trinajstić information content (AvgIpc) is 2.59. The molecule has 0 radical (unpaired) electrons. The maximum absolute atomic E-state index is 12.8. The molecule has 1 unspecified atom stereocenters. The van der Waals surface area contributed by atoms with Crippen LogP contribution in [0.5, 0.6) is 0 Å². The van der Waals surface area contributed by atoms with Gasteiger partial charge in [-0.15, -0.1) is 0 Å². The van der Waals surface area contributed by atoms with E-state index in [4.69, 9.17) is 4.74 Å². The molecule has 1 amide bonds. The second-order valence-corrected chi connectivity index (χ2v) is 6.71. The number of nitrogens with one attached hydrogen (secondary N) is 1. The Balaban J connectivity index is 1.63. The number of hydrogen-bond donors (Lipinski definition) is 1. The first-order chi connectivity index (χ1) is 11.9. The number of benzene rings is 1. The summed E-state index contributed by atoms with van der Waals surface area (Å²) in [7, 11) is 0. The highest BCUT2D eigenvalue weighted by Gasteiger charge is 2.32. The number of carbonyl (C=O) groups excluding carboxylic acids is 1. The molecule has 2 aliphatic heterocycles. The van der Waals surface area contributed by atoms with Crippen LogP contribution in [0.1, 0.15) is 36.8 Å². The van der Waals surface area contributed by atoms with Gasteiger partial charge in [0.05, 0.1) is 11.6 Å². The lowest BCUT2D eigenvalue weighted by Crippen LogP contribution is -2.53. The molecule has 4 nitrogen and oxygen atoms in total. The van der Waals surface area contributed by atoms with Crippen LogP contribution in [0.15, 0.2) is 24.3 Å². The van der Waals surface area contributed by atoms with E-state index in [1.165, 1.54) is 6.07 Å². The number of carbonyl (C=O) groups is 1. The molecule has 0 spiro atoms. The normalized spacial score (nSPS) is 23.1. The van der Waals surface area contributed by atoms with Crippen molar-refractivity contribution in [2.45, 2.75) is 50.5 Å². The monoisotopic (exact) mass is 356 g/mol. The van der Waals surface area contributed by atoms with E-state index in [9.17, 15) is 18.0 Å². The molecule has 25 heavy (non-hydrogen) atoms. The lowest BCUT2D eigenvalue weighted by Gasteiger charge is -2.35. The molecule has 0 aromatic heterocycles. The minimum absolute atomic E-state index is 0.0184. The highest BCUT2D eigenvalue weighted by molar-refractivity contribution is 5.82. The van der Waals surface area contributed by atoms with E-state index in [0.717, 1.165) is 37.8 Å². The molecule has 0 bridgehead atoms. The molecule has 2 aliphatic rings. The number of halogens is 3. The zero-order valence-electron chi connectivity index (χ0n) is 14.0. The zero-order valence-corrected chi connectivity index (χ0v) is 14.0. The molecule has 138 valence electrons. The molecule has 1 aromatic carbocycles. The van der Waals surface area contributed by atoms with Crippen LogP contribution in [-0.4, -0.2) is 42.6 Å². The van der Waals surface area contributed by atoms with Gasteiger partial charge in [0, 0.05) is 32.3 Å². The largest absolute Gasteiger partial charge is 0.416 e. The predicted octanol–water partition coefficient (Wildman–Crippen LogP) is 2.97. The molecule has 7 heteroatoms. The summed E-state index contributed by atoms with van der Waals surface area (Å²) in [6.45, 7) is 2.20. The summed E-state index contributed by atoms with van der Waals surface area (Å²) in [6, 6.07) is 5.24. The lowest BCUT2D eigenvalue weighted by molar-refractivity contribution is -0.137. The first kappa shape index (κ1) is 18.2. The average molecular weight is 356 g/mol. The Morgan fingerprint density at radius 2 is 1.96 bits per heavy atom. The Labute approximate surface area is 145 Å². The summed E-state index contributed by atoms with van der Waals surface area (Å²) in [6.07, 6.45) is -0.968. The minimum atomic E-state index is -4.37. The van der Waals surface area contributed by atoms with Gasteiger partial charge in [-0.3, -0.25) is 4.79 Å². The quantitative estimate of drug-likeness (QED) is 0.902. The van der Waals surface area contributed by atoms with E-state index in [1.807, 2.05) is 0 Å². The van der Waals surface area contributed by atoms with Crippen LogP contribution in [0.4, 0.5) is 13.2 Å². The van der Waals surface area contributed by atoms with Crippen molar-refractivity contribution in [3.05, 3.63) is 35.4 Å². The number of nitrogens with zero attached hydrogens (tertiary/aromatic N) is 1. The van der Waals surface area contributed by atoms with Crippen LogP contribution in [0.25, 0.3) is 0 Å². The molecular formula is C18H23F3N2O2. The number of rotatable bonds is 4. The maximum Gasteiger partial charge on any atom is 0.416 e. The number of ether oxygens (including phenoxy) is 1. The Bertz CT molecular complexity index is 600. The van der Waals surface area contributed by atoms with Crippen molar-refractivity contribution in [3.8, 4) is 0 Å². The first-order valence-electron chi connectivity index (χ1n) is 8.72. The summed E-state index contributed by atoms with van der Waals surface area (Å²) in [5.74, 6) is -0.0184. The van der Waals surface area contributed by atoms with Crippen LogP contribution in [-0.2, 0) is 22.3 Å². The van der Waals surface area contributed by atoms with Gasteiger partial charge in [0.1, 0.15) is 0 Å². The third-order valence-electron chi connectivity index (χ3n) is 4.82. The third kappa shape index (κ3) is 4.73. The molecule has 1 N–H and O–H groups in total. The Hall–Kier alpha value is -1.60. The molecule has 2 fully saturated rings. The molecular weight excluding hydrogens is 333 g/mol. The van der Waals surface area contributed by atoms with Gasteiger partial charge in [0.2, 0.25) is 5.91 Å². The predicted molar refractivity (Wildman–Crippen MR) is 86.9 cm³/mol. The number of likely N-dealkylation sites (tertiary alicyclic amines) is 1. The van der Waals surface area contributed by atoms with Crippen LogP contribution < -0.4 is 5.32 Å². The number of amides is 1. The fourth-order valence-electron chi connectivity index (χ4n) is 3.47. The van der Waals surface area contributed by atoms with E-state index < -0.39 is 11.7 Å². The SMILES string of the molecule is O=C1C(NC2CCOCC2)CCCN1Cc1cccc(C(F)(F)F)c1. The van der Waals surface area contributed by atoms with Crippen molar-refractivity contribution in [3.63, 3.8) is 0 Å². The number of piperidine rings is 1. The molecule has 0 aliphatic carbocycles. The smallest absolute Gasteiger partial charge is 0.381 e. The van der Waals surface area contributed by atoms with E-state index >= 15 is 0 Å². The molecule has 2 heterocycles. The van der Waals surface area contributed by atoms with Crippen molar-refractivity contribution in [1.82, 2.24) is 10.2 Å². The summed E-state index contributed by atoms with van der Waals surface area (Å²) in [5.41, 5.74) is -0.166. The molecule has 1 aromatic rings. The van der Waals surface area contributed by atoms with Crippen molar-refractivity contribution >= 4 is 5.91 Å². The van der Waals surface area contributed by atoms with E-state index in [2.05, 4.69) is 5.32 Å². The highest BCUT2D eigenvalue weighted by atomic mass is 19.4. The van der Waals surface area contributed by atoms with Gasteiger partial charge in [0.25, 0.3) is 0 Å². The van der Waals surface area contributed by atoms with E-state index in [0.29, 0.717) is 25.3 Å². The standard InChI is InChI=1S/C18H23F3N2O2/c19-18(20,21)14-4-1-3-13(11-14)12-23-8-2-5-16(17(23)24)22-15-6-9-25-10-7-15/h1,3-4,11,15-16,22H,2,5-10,12H2. The number of alkyl halides is 3. The highest BCUT2D eigenvalue weighted by Crippen LogP contribution is 2.30. The Morgan fingerprint density at radius 1 is 1.20 bits per heavy atom. The molecule has 0 saturated carbocycles. The zero-order chi connectivity index (χ0) is 17.9. The van der Waals surface area contributed by atoms with Gasteiger partial charge in [-0.2, -0.15) is 13.2 Å². The van der Waals surface area contributed by atoms with E-state index in [1.54, 1.807) is 11.0 Å². The van der Waals surface area contributed by atoms with Crippen LogP contribution in [0, 0.1) is 0 Å².